The Kier molecular flexibility index (Phi) is 1.82. The number of fused-ring (bicyclic) bond motifs is 3. The molecule has 21 heavy (non-hydrogen) atoms. The van der Waals surface area contributed by atoms with E-state index in [4.69, 9.17) is 0 Å². The van der Waals surface area contributed by atoms with E-state index in [1.54, 1.807) is 5.56 Å². The Labute approximate surface area is 126 Å². The monoisotopic (exact) mass is 280 g/mol. The van der Waals surface area contributed by atoms with Crippen molar-refractivity contribution in [2.75, 3.05) is 18.4 Å². The maximum atomic E-state index is 4.06. The molecule has 1 aromatic rings. The minimum absolute atomic E-state index is 0.384. The van der Waals surface area contributed by atoms with Gasteiger partial charge in [-0.2, -0.15) is 0 Å². The Balaban J connectivity index is 1.67. The molecule has 0 aromatic heterocycles. The summed E-state index contributed by atoms with van der Waals surface area (Å²) in [6.45, 7) is 2.69. The summed E-state index contributed by atoms with van der Waals surface area (Å²) in [5.74, 6) is 0. The number of anilines is 1. The van der Waals surface area contributed by atoms with E-state index < -0.39 is 0 Å². The first-order valence-electron chi connectivity index (χ1n) is 8.92. The van der Waals surface area contributed by atoms with Gasteiger partial charge in [-0.3, -0.25) is 4.90 Å². The van der Waals surface area contributed by atoms with Gasteiger partial charge in [0.15, 0.2) is 0 Å². The number of rotatable bonds is 0. The smallest absolute Gasteiger partial charge is 0.0487 e. The molecule has 0 radical (unpaired) electrons. The Morgan fingerprint density at radius 2 is 1.81 bits per heavy atom. The van der Waals surface area contributed by atoms with E-state index in [0.717, 1.165) is 6.04 Å². The van der Waals surface area contributed by atoms with Crippen LogP contribution in [0.1, 0.15) is 50.5 Å². The van der Waals surface area contributed by atoms with Gasteiger partial charge < -0.3 is 5.32 Å². The SMILES string of the molecule is c1ccc2c(c1)NC13CCC4(CCCN5CCC21C54)CC3. The van der Waals surface area contributed by atoms with E-state index in [-0.39, 0.29) is 0 Å². The normalized spacial score (nSPS) is 49.4. The first-order chi connectivity index (χ1) is 10.3. The zero-order chi connectivity index (χ0) is 13.7. The Morgan fingerprint density at radius 1 is 0.952 bits per heavy atom. The van der Waals surface area contributed by atoms with Crippen LogP contribution in [0, 0.1) is 5.41 Å². The van der Waals surface area contributed by atoms with Crippen LogP contribution in [0.2, 0.25) is 0 Å². The first-order valence-corrected chi connectivity index (χ1v) is 8.92. The van der Waals surface area contributed by atoms with Gasteiger partial charge in [-0.05, 0) is 75.1 Å². The maximum Gasteiger partial charge on any atom is 0.0487 e. The van der Waals surface area contributed by atoms with E-state index in [2.05, 4.69) is 34.5 Å². The highest BCUT2D eigenvalue weighted by atomic mass is 15.3. The lowest BCUT2D eigenvalue weighted by molar-refractivity contribution is -0.0987. The van der Waals surface area contributed by atoms with E-state index in [9.17, 15) is 0 Å². The molecule has 2 heteroatoms. The fraction of sp³-hybridized carbons (Fsp3) is 0.684. The van der Waals surface area contributed by atoms with Crippen LogP contribution in [-0.4, -0.2) is 29.6 Å². The number of hydrogen-bond donors (Lipinski definition) is 1. The predicted octanol–water partition coefficient (Wildman–Crippen LogP) is 3.53. The topological polar surface area (TPSA) is 15.3 Å². The van der Waals surface area contributed by atoms with Gasteiger partial charge in [0.25, 0.3) is 0 Å². The molecule has 3 aliphatic heterocycles. The van der Waals surface area contributed by atoms with E-state index in [1.165, 1.54) is 63.7 Å². The molecule has 0 amide bonds. The summed E-state index contributed by atoms with van der Waals surface area (Å²) in [5.41, 5.74) is 4.59. The third-order valence-corrected chi connectivity index (χ3v) is 8.06. The Morgan fingerprint density at radius 3 is 2.71 bits per heavy atom. The maximum absolute atomic E-state index is 4.06. The van der Waals surface area contributed by atoms with Gasteiger partial charge in [0, 0.05) is 22.7 Å². The van der Waals surface area contributed by atoms with Gasteiger partial charge in [0.05, 0.1) is 0 Å². The average molecular weight is 280 g/mol. The Bertz CT molecular complexity index is 628. The van der Waals surface area contributed by atoms with Crippen molar-refractivity contribution in [3.05, 3.63) is 29.8 Å². The number of para-hydroxylation sites is 1. The molecule has 2 nitrogen and oxygen atoms in total. The Hall–Kier alpha value is -1.02. The summed E-state index contributed by atoms with van der Waals surface area (Å²) in [7, 11) is 0. The lowest BCUT2D eigenvalue weighted by Gasteiger charge is -2.67. The summed E-state index contributed by atoms with van der Waals surface area (Å²) >= 11 is 0. The molecule has 2 atom stereocenters. The van der Waals surface area contributed by atoms with Gasteiger partial charge in [0.2, 0.25) is 0 Å². The minimum atomic E-state index is 0.384. The van der Waals surface area contributed by atoms with Crippen LogP contribution < -0.4 is 5.32 Å². The van der Waals surface area contributed by atoms with Crippen LogP contribution in [0.5, 0.6) is 0 Å². The molecule has 2 bridgehead atoms. The molecule has 1 N–H and O–H groups in total. The molecule has 3 spiro atoms. The van der Waals surface area contributed by atoms with Gasteiger partial charge in [0.1, 0.15) is 0 Å². The van der Waals surface area contributed by atoms with Gasteiger partial charge in [-0.1, -0.05) is 18.2 Å². The van der Waals surface area contributed by atoms with Gasteiger partial charge >= 0.3 is 0 Å². The van der Waals surface area contributed by atoms with Crippen LogP contribution >= 0.6 is 0 Å². The zero-order valence-corrected chi connectivity index (χ0v) is 12.7. The highest BCUT2D eigenvalue weighted by Gasteiger charge is 2.74. The molecular weight excluding hydrogens is 256 g/mol. The van der Waals surface area contributed by atoms with Crippen molar-refractivity contribution in [3.63, 3.8) is 0 Å². The molecule has 7 rings (SSSR count). The molecule has 2 saturated heterocycles. The van der Waals surface area contributed by atoms with Crippen LogP contribution in [0.25, 0.3) is 0 Å². The number of hydrogen-bond acceptors (Lipinski definition) is 2. The minimum Gasteiger partial charge on any atom is -0.378 e. The third-order valence-electron chi connectivity index (χ3n) is 8.06. The molecule has 3 heterocycles. The van der Waals surface area contributed by atoms with Crippen LogP contribution in [0.4, 0.5) is 5.69 Å². The molecule has 5 fully saturated rings. The summed E-state index contributed by atoms with van der Waals surface area (Å²) < 4.78 is 0. The van der Waals surface area contributed by atoms with E-state index >= 15 is 0 Å². The third kappa shape index (κ3) is 1.03. The molecule has 1 aromatic carbocycles. The van der Waals surface area contributed by atoms with Crippen molar-refractivity contribution in [2.24, 2.45) is 5.41 Å². The fourth-order valence-electron chi connectivity index (χ4n) is 7.48. The van der Waals surface area contributed by atoms with E-state index in [0.29, 0.717) is 16.4 Å². The lowest BCUT2D eigenvalue weighted by atomic mass is 9.42. The second-order valence-corrected chi connectivity index (χ2v) is 8.38. The van der Waals surface area contributed by atoms with Crippen molar-refractivity contribution >= 4 is 5.69 Å². The van der Waals surface area contributed by atoms with Crippen molar-refractivity contribution < 1.29 is 0 Å². The highest BCUT2D eigenvalue weighted by molar-refractivity contribution is 5.68. The molecule has 6 aliphatic rings. The van der Waals surface area contributed by atoms with Gasteiger partial charge in [-0.25, -0.2) is 0 Å². The number of nitrogens with zero attached hydrogens (tertiary/aromatic N) is 1. The molecular formula is C19H24N2. The largest absolute Gasteiger partial charge is 0.378 e. The summed E-state index contributed by atoms with van der Waals surface area (Å²) in [6.07, 6.45) is 10.1. The molecule has 110 valence electrons. The number of nitrogens with one attached hydrogen (secondary N) is 1. The van der Waals surface area contributed by atoms with Crippen molar-refractivity contribution in [3.8, 4) is 0 Å². The van der Waals surface area contributed by atoms with Gasteiger partial charge in [-0.15, -0.1) is 0 Å². The van der Waals surface area contributed by atoms with Crippen LogP contribution in [0.3, 0.4) is 0 Å². The summed E-state index contributed by atoms with van der Waals surface area (Å²) in [5, 5.41) is 4.06. The summed E-state index contributed by atoms with van der Waals surface area (Å²) in [4.78, 5) is 2.89. The summed E-state index contributed by atoms with van der Waals surface area (Å²) in [6, 6.07) is 10.1. The van der Waals surface area contributed by atoms with Crippen LogP contribution in [-0.2, 0) is 5.41 Å². The standard InChI is InChI=1S/C19H24N2/c1-2-5-15-14(4-1)19-11-13-21-12-3-6-17(16(19)21)7-9-18(19,20-15)10-8-17/h1-2,4-5,16,20H,3,6-13H2. The quantitative estimate of drug-likeness (QED) is 0.782. The molecule has 2 unspecified atom stereocenters. The zero-order valence-electron chi connectivity index (χ0n) is 12.7. The highest BCUT2D eigenvalue weighted by Crippen LogP contribution is 2.72. The molecule has 3 saturated carbocycles. The molecule has 3 aliphatic carbocycles. The second kappa shape index (κ2) is 3.32. The fourth-order valence-corrected chi connectivity index (χ4v) is 7.48. The second-order valence-electron chi connectivity index (χ2n) is 8.38. The number of piperidine rings is 1. The van der Waals surface area contributed by atoms with Crippen molar-refractivity contribution in [2.45, 2.75) is 61.9 Å². The first kappa shape index (κ1) is 11.5. The van der Waals surface area contributed by atoms with Crippen molar-refractivity contribution in [1.82, 2.24) is 4.90 Å². The van der Waals surface area contributed by atoms with Crippen LogP contribution in [0.15, 0.2) is 24.3 Å². The van der Waals surface area contributed by atoms with E-state index in [1.807, 2.05) is 0 Å². The van der Waals surface area contributed by atoms with Crippen molar-refractivity contribution in [1.29, 1.82) is 0 Å². The average Bonchev–Trinajstić information content (AvgIpc) is 3.06. The number of benzene rings is 1. The lowest BCUT2D eigenvalue weighted by Crippen LogP contribution is -2.72. The predicted molar refractivity (Wildman–Crippen MR) is 84.6 cm³/mol.